The number of aliphatic hydroxyl groups excluding tert-OH is 1. The third-order valence-corrected chi connectivity index (χ3v) is 3.29. The van der Waals surface area contributed by atoms with E-state index in [-0.39, 0.29) is 18.3 Å². The van der Waals surface area contributed by atoms with E-state index in [1.54, 1.807) is 12.1 Å². The van der Waals surface area contributed by atoms with Gasteiger partial charge in [0.1, 0.15) is 11.6 Å². The molecule has 1 atom stereocenters. The largest absolute Gasteiger partial charge is 0.396 e. The average molecular weight is 247 g/mol. The number of benzene rings is 1. The van der Waals surface area contributed by atoms with E-state index >= 15 is 0 Å². The van der Waals surface area contributed by atoms with E-state index in [0.717, 1.165) is 25.2 Å². The summed E-state index contributed by atoms with van der Waals surface area (Å²) in [6.45, 7) is 0.898. The van der Waals surface area contributed by atoms with Crippen molar-refractivity contribution in [2.24, 2.45) is 0 Å². The molecule has 18 heavy (non-hydrogen) atoms. The molecule has 0 saturated heterocycles. The monoisotopic (exact) mass is 247 g/mol. The number of aliphatic hydroxyl groups is 1. The molecule has 0 radical (unpaired) electrons. The predicted octanol–water partition coefficient (Wildman–Crippen LogP) is 1.95. The number of hydrogen-bond acceptors (Lipinski definition) is 3. The molecule has 0 fully saturated rings. The van der Waals surface area contributed by atoms with Crippen molar-refractivity contribution in [3.8, 4) is 11.4 Å². The highest BCUT2D eigenvalue weighted by Gasteiger charge is 2.23. The summed E-state index contributed by atoms with van der Waals surface area (Å²) < 4.78 is 15.0. The minimum atomic E-state index is -0.293. The second-order valence-corrected chi connectivity index (χ2v) is 4.55. The quantitative estimate of drug-likeness (QED) is 0.882. The Balaban J connectivity index is 2.02. The van der Waals surface area contributed by atoms with Gasteiger partial charge in [-0.15, -0.1) is 0 Å². The molecule has 1 unspecified atom stereocenters. The summed E-state index contributed by atoms with van der Waals surface area (Å²) >= 11 is 0. The highest BCUT2D eigenvalue weighted by molar-refractivity contribution is 5.54. The van der Waals surface area contributed by atoms with Gasteiger partial charge in [-0.1, -0.05) is 12.1 Å². The van der Waals surface area contributed by atoms with Gasteiger partial charge in [0.25, 0.3) is 0 Å². The normalized spacial score (nSPS) is 18.7. The molecule has 94 valence electrons. The van der Waals surface area contributed by atoms with Gasteiger partial charge < -0.3 is 5.11 Å². The van der Waals surface area contributed by atoms with Crippen LogP contribution in [0.15, 0.2) is 24.3 Å². The molecule has 3 rings (SSSR count). The molecule has 1 aromatic carbocycles. The maximum Gasteiger partial charge on any atom is 0.181 e. The molecule has 2 heterocycles. The Morgan fingerprint density at radius 1 is 1.44 bits per heavy atom. The lowest BCUT2D eigenvalue weighted by molar-refractivity contribution is 0.234. The Hall–Kier alpha value is -1.75. The molecule has 1 aromatic heterocycles. The third-order valence-electron chi connectivity index (χ3n) is 3.29. The Kier molecular flexibility index (Phi) is 2.83. The van der Waals surface area contributed by atoms with Crippen LogP contribution in [0, 0.1) is 5.82 Å². The van der Waals surface area contributed by atoms with E-state index in [9.17, 15) is 9.50 Å². The van der Waals surface area contributed by atoms with E-state index in [1.807, 2.05) is 4.68 Å². The van der Waals surface area contributed by atoms with Crippen molar-refractivity contribution in [1.82, 2.24) is 14.8 Å². The smallest absolute Gasteiger partial charge is 0.181 e. The average Bonchev–Trinajstić information content (AvgIpc) is 2.82. The number of fused-ring (bicyclic) bond motifs is 1. The van der Waals surface area contributed by atoms with E-state index in [2.05, 4.69) is 10.1 Å². The molecular weight excluding hydrogens is 233 g/mol. The van der Waals surface area contributed by atoms with E-state index in [0.29, 0.717) is 11.4 Å². The fourth-order valence-corrected chi connectivity index (χ4v) is 2.36. The molecule has 0 spiro atoms. The van der Waals surface area contributed by atoms with Crippen LogP contribution in [-0.2, 0) is 6.54 Å². The summed E-state index contributed by atoms with van der Waals surface area (Å²) in [7, 11) is 0. The van der Waals surface area contributed by atoms with E-state index in [4.69, 9.17) is 0 Å². The van der Waals surface area contributed by atoms with Crippen molar-refractivity contribution < 1.29 is 9.50 Å². The van der Waals surface area contributed by atoms with Crippen LogP contribution in [0.3, 0.4) is 0 Å². The van der Waals surface area contributed by atoms with Gasteiger partial charge in [0, 0.05) is 18.0 Å². The van der Waals surface area contributed by atoms with Crippen molar-refractivity contribution in [3.05, 3.63) is 35.9 Å². The maximum atomic E-state index is 13.2. The van der Waals surface area contributed by atoms with Gasteiger partial charge in [-0.05, 0) is 25.0 Å². The third kappa shape index (κ3) is 1.90. The maximum absolute atomic E-state index is 13.2. The zero-order valence-electron chi connectivity index (χ0n) is 9.88. The van der Waals surface area contributed by atoms with Crippen LogP contribution >= 0.6 is 0 Å². The van der Waals surface area contributed by atoms with Crippen LogP contribution in [0.4, 0.5) is 4.39 Å². The molecule has 0 bridgehead atoms. The Morgan fingerprint density at radius 3 is 3.11 bits per heavy atom. The minimum absolute atomic E-state index is 0.0496. The van der Waals surface area contributed by atoms with Crippen molar-refractivity contribution in [2.75, 3.05) is 6.61 Å². The number of hydrogen-bond donors (Lipinski definition) is 1. The number of nitrogens with zero attached hydrogens (tertiary/aromatic N) is 3. The van der Waals surface area contributed by atoms with Gasteiger partial charge in [-0.3, -0.25) is 0 Å². The standard InChI is InChI=1S/C13H14FN3O/c14-11-5-1-3-9(7-11)12-15-13-10(8-18)4-2-6-17(13)16-12/h1,3,5,7,10,18H,2,4,6,8H2. The fourth-order valence-electron chi connectivity index (χ4n) is 2.36. The summed E-state index contributed by atoms with van der Waals surface area (Å²) in [5, 5.41) is 13.7. The van der Waals surface area contributed by atoms with Crippen LogP contribution in [-0.4, -0.2) is 26.5 Å². The molecule has 0 amide bonds. The summed E-state index contributed by atoms with van der Waals surface area (Å²) in [6.07, 6.45) is 1.92. The van der Waals surface area contributed by atoms with Crippen LogP contribution in [0.2, 0.25) is 0 Å². The second-order valence-electron chi connectivity index (χ2n) is 4.55. The first-order chi connectivity index (χ1) is 8.78. The number of rotatable bonds is 2. The van der Waals surface area contributed by atoms with E-state index in [1.165, 1.54) is 12.1 Å². The molecule has 2 aromatic rings. The summed E-state index contributed by atoms with van der Waals surface area (Å²) in [5.74, 6) is 1.10. The van der Waals surface area contributed by atoms with Gasteiger partial charge in [0.05, 0.1) is 6.61 Å². The highest BCUT2D eigenvalue weighted by Crippen LogP contribution is 2.27. The predicted molar refractivity (Wildman–Crippen MR) is 64.5 cm³/mol. The SMILES string of the molecule is OCC1CCCn2nc(-c3cccc(F)c3)nc21. The first kappa shape index (κ1) is 11.3. The fraction of sp³-hybridized carbons (Fsp3) is 0.385. The van der Waals surface area contributed by atoms with Crippen molar-refractivity contribution >= 4 is 0 Å². The summed E-state index contributed by atoms with van der Waals surface area (Å²) in [4.78, 5) is 4.44. The molecule has 4 nitrogen and oxygen atoms in total. The van der Waals surface area contributed by atoms with Crippen LogP contribution in [0.5, 0.6) is 0 Å². The lowest BCUT2D eigenvalue weighted by atomic mass is 10.0. The van der Waals surface area contributed by atoms with Crippen LogP contribution < -0.4 is 0 Å². The van der Waals surface area contributed by atoms with Crippen molar-refractivity contribution in [2.45, 2.75) is 25.3 Å². The molecule has 0 saturated carbocycles. The van der Waals surface area contributed by atoms with Crippen LogP contribution in [0.1, 0.15) is 24.6 Å². The lowest BCUT2D eigenvalue weighted by Gasteiger charge is -2.19. The molecule has 1 aliphatic rings. The highest BCUT2D eigenvalue weighted by atomic mass is 19.1. The van der Waals surface area contributed by atoms with Gasteiger partial charge in [-0.25, -0.2) is 14.1 Å². The molecule has 1 N–H and O–H groups in total. The van der Waals surface area contributed by atoms with E-state index < -0.39 is 0 Å². The first-order valence-corrected chi connectivity index (χ1v) is 6.09. The molecule has 5 heteroatoms. The van der Waals surface area contributed by atoms with Gasteiger partial charge >= 0.3 is 0 Å². The number of aromatic nitrogens is 3. The van der Waals surface area contributed by atoms with Crippen LogP contribution in [0.25, 0.3) is 11.4 Å². The lowest BCUT2D eigenvalue weighted by Crippen LogP contribution is -2.19. The topological polar surface area (TPSA) is 50.9 Å². The second kappa shape index (κ2) is 4.49. The Labute approximate surface area is 104 Å². The van der Waals surface area contributed by atoms with Gasteiger partial charge in [0.15, 0.2) is 5.82 Å². The molecule has 0 aliphatic carbocycles. The first-order valence-electron chi connectivity index (χ1n) is 6.09. The number of aryl methyl sites for hydroxylation is 1. The molecule has 1 aliphatic heterocycles. The summed E-state index contributed by atoms with van der Waals surface area (Å²) in [5.41, 5.74) is 0.675. The summed E-state index contributed by atoms with van der Waals surface area (Å²) in [6, 6.07) is 6.26. The zero-order valence-corrected chi connectivity index (χ0v) is 9.88. The Bertz CT molecular complexity index is 567. The number of halogens is 1. The Morgan fingerprint density at radius 2 is 2.33 bits per heavy atom. The zero-order chi connectivity index (χ0) is 12.5. The van der Waals surface area contributed by atoms with Gasteiger partial charge in [0.2, 0.25) is 0 Å². The minimum Gasteiger partial charge on any atom is -0.396 e. The van der Waals surface area contributed by atoms with Crippen molar-refractivity contribution in [1.29, 1.82) is 0 Å². The van der Waals surface area contributed by atoms with Crippen molar-refractivity contribution in [3.63, 3.8) is 0 Å². The van der Waals surface area contributed by atoms with Gasteiger partial charge in [-0.2, -0.15) is 5.10 Å². The molecular formula is C13H14FN3O.